The Labute approximate surface area is 123 Å². The van der Waals surface area contributed by atoms with Gasteiger partial charge in [0, 0.05) is 12.0 Å². The van der Waals surface area contributed by atoms with Gasteiger partial charge in [0.1, 0.15) is 18.3 Å². The van der Waals surface area contributed by atoms with E-state index in [0.717, 1.165) is 0 Å². The van der Waals surface area contributed by atoms with Gasteiger partial charge in [-0.25, -0.2) is 4.79 Å². The maximum atomic E-state index is 11.8. The second-order valence-electron chi connectivity index (χ2n) is 5.85. The summed E-state index contributed by atoms with van der Waals surface area (Å²) in [5.41, 5.74) is -0.496. The van der Waals surface area contributed by atoms with Gasteiger partial charge in [0.05, 0.1) is 12.3 Å². The Morgan fingerprint density at radius 1 is 1.48 bits per heavy atom. The van der Waals surface area contributed by atoms with Gasteiger partial charge in [0.25, 0.3) is 0 Å². The molecule has 0 aromatic rings. The van der Waals surface area contributed by atoms with E-state index in [0.29, 0.717) is 19.3 Å². The van der Waals surface area contributed by atoms with E-state index in [1.54, 1.807) is 6.92 Å². The highest BCUT2D eigenvalue weighted by Gasteiger charge is 2.52. The summed E-state index contributed by atoms with van der Waals surface area (Å²) in [6, 6.07) is 0. The molecule has 2 bridgehead atoms. The summed E-state index contributed by atoms with van der Waals surface area (Å²) in [7, 11) is 0. The first-order valence-electron chi connectivity index (χ1n) is 7.07. The van der Waals surface area contributed by atoms with Crippen molar-refractivity contribution in [2.24, 2.45) is 5.92 Å². The summed E-state index contributed by atoms with van der Waals surface area (Å²) >= 11 is 0. The van der Waals surface area contributed by atoms with E-state index in [4.69, 9.17) is 14.2 Å². The normalized spacial score (nSPS) is 30.5. The van der Waals surface area contributed by atoms with Gasteiger partial charge in [-0.05, 0) is 26.7 Å². The minimum Gasteiger partial charge on any atom is -0.462 e. The SMILES string of the molecule is C=C(C)C(=O)OCCC(=O)OC1(C)CCC2CC1OC2=O. The molecule has 3 atom stereocenters. The van der Waals surface area contributed by atoms with E-state index in [2.05, 4.69) is 6.58 Å². The van der Waals surface area contributed by atoms with Crippen molar-refractivity contribution in [3.05, 3.63) is 12.2 Å². The number of hydrogen-bond donors (Lipinski definition) is 0. The van der Waals surface area contributed by atoms with Crippen LogP contribution in [0, 0.1) is 5.92 Å². The van der Waals surface area contributed by atoms with E-state index in [1.165, 1.54) is 6.92 Å². The third-order valence-electron chi connectivity index (χ3n) is 4.00. The highest BCUT2D eigenvalue weighted by molar-refractivity contribution is 5.87. The van der Waals surface area contributed by atoms with Crippen LogP contribution in [0.1, 0.15) is 39.5 Å². The van der Waals surface area contributed by atoms with E-state index in [9.17, 15) is 14.4 Å². The van der Waals surface area contributed by atoms with Crippen molar-refractivity contribution in [2.45, 2.75) is 51.2 Å². The molecule has 116 valence electrons. The molecular formula is C15H20O6. The predicted molar refractivity (Wildman–Crippen MR) is 72.1 cm³/mol. The summed E-state index contributed by atoms with van der Waals surface area (Å²) in [6.07, 6.45) is 1.48. The molecule has 1 saturated carbocycles. The molecule has 2 rings (SSSR count). The Morgan fingerprint density at radius 3 is 2.86 bits per heavy atom. The first-order valence-corrected chi connectivity index (χ1v) is 7.07. The molecule has 0 spiro atoms. The fourth-order valence-electron chi connectivity index (χ4n) is 2.65. The zero-order chi connectivity index (χ0) is 15.6. The van der Waals surface area contributed by atoms with Gasteiger partial charge in [-0.15, -0.1) is 0 Å². The van der Waals surface area contributed by atoms with Crippen LogP contribution in [0.3, 0.4) is 0 Å². The third-order valence-corrected chi connectivity index (χ3v) is 4.00. The highest BCUT2D eigenvalue weighted by atomic mass is 16.6. The number of ether oxygens (including phenoxy) is 3. The van der Waals surface area contributed by atoms with E-state index in [-0.39, 0.29) is 36.6 Å². The van der Waals surface area contributed by atoms with Crippen LogP contribution in [-0.4, -0.2) is 36.2 Å². The zero-order valence-electron chi connectivity index (χ0n) is 12.3. The molecule has 21 heavy (non-hydrogen) atoms. The molecule has 0 radical (unpaired) electrons. The Bertz CT molecular complexity index is 483. The van der Waals surface area contributed by atoms with E-state index >= 15 is 0 Å². The van der Waals surface area contributed by atoms with Gasteiger partial charge < -0.3 is 14.2 Å². The molecular weight excluding hydrogens is 276 g/mol. The van der Waals surface area contributed by atoms with Gasteiger partial charge in [0.15, 0.2) is 0 Å². The minimum atomic E-state index is -0.780. The van der Waals surface area contributed by atoms with Crippen molar-refractivity contribution in [1.29, 1.82) is 0 Å². The highest BCUT2D eigenvalue weighted by Crippen LogP contribution is 2.42. The van der Waals surface area contributed by atoms with Gasteiger partial charge in [-0.1, -0.05) is 6.58 Å². The summed E-state index contributed by atoms with van der Waals surface area (Å²) in [5, 5.41) is 0. The molecule has 1 heterocycles. The average molecular weight is 296 g/mol. The lowest BCUT2D eigenvalue weighted by atomic mass is 9.80. The summed E-state index contributed by atoms with van der Waals surface area (Å²) in [4.78, 5) is 34.5. The van der Waals surface area contributed by atoms with Gasteiger partial charge in [-0.3, -0.25) is 9.59 Å². The molecule has 1 aliphatic heterocycles. The second kappa shape index (κ2) is 5.87. The maximum Gasteiger partial charge on any atom is 0.333 e. The van der Waals surface area contributed by atoms with Crippen LogP contribution in [0.25, 0.3) is 0 Å². The molecule has 3 unspecified atom stereocenters. The van der Waals surface area contributed by atoms with Gasteiger partial charge in [-0.2, -0.15) is 0 Å². The summed E-state index contributed by atoms with van der Waals surface area (Å²) in [6.45, 7) is 6.72. The molecule has 1 saturated heterocycles. The first-order chi connectivity index (χ1) is 9.82. The van der Waals surface area contributed by atoms with Crippen molar-refractivity contribution in [2.75, 3.05) is 6.61 Å². The Hall–Kier alpha value is -1.85. The molecule has 0 aromatic heterocycles. The number of rotatable bonds is 5. The number of hydrogen-bond acceptors (Lipinski definition) is 6. The van der Waals surface area contributed by atoms with Crippen LogP contribution in [0.15, 0.2) is 12.2 Å². The molecule has 0 N–H and O–H groups in total. The topological polar surface area (TPSA) is 78.9 Å². The fraction of sp³-hybridized carbons (Fsp3) is 0.667. The molecule has 2 aliphatic rings. The van der Waals surface area contributed by atoms with Crippen molar-refractivity contribution in [1.82, 2.24) is 0 Å². The Kier molecular flexibility index (Phi) is 4.34. The van der Waals surface area contributed by atoms with Crippen LogP contribution in [-0.2, 0) is 28.6 Å². The lowest BCUT2D eigenvalue weighted by molar-refractivity contribution is -0.178. The fourth-order valence-corrected chi connectivity index (χ4v) is 2.65. The van der Waals surface area contributed by atoms with Crippen LogP contribution in [0.4, 0.5) is 0 Å². The Morgan fingerprint density at radius 2 is 2.19 bits per heavy atom. The van der Waals surface area contributed by atoms with E-state index in [1.807, 2.05) is 0 Å². The Balaban J connectivity index is 1.81. The quantitative estimate of drug-likeness (QED) is 0.435. The van der Waals surface area contributed by atoms with Crippen LogP contribution in [0.2, 0.25) is 0 Å². The van der Waals surface area contributed by atoms with Crippen molar-refractivity contribution < 1.29 is 28.6 Å². The van der Waals surface area contributed by atoms with Crippen LogP contribution < -0.4 is 0 Å². The van der Waals surface area contributed by atoms with Gasteiger partial charge >= 0.3 is 17.9 Å². The van der Waals surface area contributed by atoms with Crippen molar-refractivity contribution in [3.63, 3.8) is 0 Å². The van der Waals surface area contributed by atoms with E-state index < -0.39 is 17.5 Å². The third kappa shape index (κ3) is 3.43. The number of esters is 3. The van der Waals surface area contributed by atoms with Crippen LogP contribution >= 0.6 is 0 Å². The molecule has 6 nitrogen and oxygen atoms in total. The average Bonchev–Trinajstić information content (AvgIpc) is 2.73. The summed E-state index contributed by atoms with van der Waals surface area (Å²) in [5.74, 6) is -1.25. The molecule has 0 amide bonds. The largest absolute Gasteiger partial charge is 0.462 e. The van der Waals surface area contributed by atoms with Crippen molar-refractivity contribution in [3.8, 4) is 0 Å². The summed E-state index contributed by atoms with van der Waals surface area (Å²) < 4.78 is 15.6. The monoisotopic (exact) mass is 296 g/mol. The molecule has 1 aliphatic carbocycles. The molecule has 6 heteroatoms. The van der Waals surface area contributed by atoms with Gasteiger partial charge in [0.2, 0.25) is 0 Å². The standard InChI is InChI=1S/C15H20O6/c1-9(2)13(17)19-7-5-12(16)21-15(3)6-4-10-8-11(15)20-14(10)18/h10-11H,1,4-8H2,2-3H3. The zero-order valence-corrected chi connectivity index (χ0v) is 12.3. The number of carbonyl (C=O) groups excluding carboxylic acids is 3. The first kappa shape index (κ1) is 15.5. The smallest absolute Gasteiger partial charge is 0.333 e. The minimum absolute atomic E-state index is 0.0291. The number of carbonyl (C=O) groups is 3. The molecule has 2 fully saturated rings. The number of fused-ring (bicyclic) bond motifs is 2. The molecule has 0 aromatic carbocycles. The van der Waals surface area contributed by atoms with Crippen molar-refractivity contribution >= 4 is 17.9 Å². The lowest BCUT2D eigenvalue weighted by Gasteiger charge is -2.36. The maximum absolute atomic E-state index is 11.8. The predicted octanol–water partition coefficient (Wildman–Crippen LogP) is 1.52. The second-order valence-corrected chi connectivity index (χ2v) is 5.85. The van der Waals surface area contributed by atoms with Crippen LogP contribution in [0.5, 0.6) is 0 Å². The lowest BCUT2D eigenvalue weighted by Crippen LogP contribution is -2.45.